The summed E-state index contributed by atoms with van der Waals surface area (Å²) in [6.07, 6.45) is 3.14. The van der Waals surface area contributed by atoms with E-state index in [1.807, 2.05) is 30.3 Å². The number of benzene rings is 1. The summed E-state index contributed by atoms with van der Waals surface area (Å²) in [5.74, 6) is 0.214. The van der Waals surface area contributed by atoms with Gasteiger partial charge in [0.05, 0.1) is 11.1 Å². The molecule has 3 aromatic rings. The van der Waals surface area contributed by atoms with Gasteiger partial charge in [-0.15, -0.1) is 11.3 Å². The molecular formula is C19H19N3O2S2. The van der Waals surface area contributed by atoms with Gasteiger partial charge in [-0.3, -0.25) is 14.2 Å². The van der Waals surface area contributed by atoms with Gasteiger partial charge in [0.15, 0.2) is 5.16 Å². The lowest BCUT2D eigenvalue weighted by atomic mass is 10.2. The van der Waals surface area contributed by atoms with Crippen molar-refractivity contribution in [1.29, 1.82) is 0 Å². The van der Waals surface area contributed by atoms with Crippen molar-refractivity contribution in [3.05, 3.63) is 51.1 Å². The molecule has 1 amide bonds. The van der Waals surface area contributed by atoms with Crippen LogP contribution in [0.15, 0.2) is 40.3 Å². The second kappa shape index (κ2) is 6.89. The maximum absolute atomic E-state index is 12.8. The van der Waals surface area contributed by atoms with E-state index >= 15 is 0 Å². The van der Waals surface area contributed by atoms with Gasteiger partial charge in [0.2, 0.25) is 5.91 Å². The lowest BCUT2D eigenvalue weighted by molar-refractivity contribution is -0.115. The number of thiophene rings is 1. The molecule has 2 aromatic heterocycles. The third kappa shape index (κ3) is 2.95. The Morgan fingerprint density at radius 1 is 1.31 bits per heavy atom. The maximum Gasteiger partial charge on any atom is 0.262 e. The number of amides is 1. The zero-order chi connectivity index (χ0) is 18.3. The van der Waals surface area contributed by atoms with E-state index in [4.69, 9.17) is 0 Å². The summed E-state index contributed by atoms with van der Waals surface area (Å²) in [6.45, 7) is 0. The van der Waals surface area contributed by atoms with Gasteiger partial charge in [-0.05, 0) is 37.0 Å². The fourth-order valence-electron chi connectivity index (χ4n) is 3.25. The number of hydrogen-bond acceptors (Lipinski definition) is 5. The van der Waals surface area contributed by atoms with Crippen molar-refractivity contribution in [2.45, 2.75) is 24.4 Å². The minimum absolute atomic E-state index is 0.000706. The van der Waals surface area contributed by atoms with Crippen molar-refractivity contribution in [2.24, 2.45) is 7.05 Å². The van der Waals surface area contributed by atoms with Crippen LogP contribution in [0.1, 0.15) is 16.9 Å². The van der Waals surface area contributed by atoms with Crippen LogP contribution in [0, 0.1) is 0 Å². The van der Waals surface area contributed by atoms with E-state index in [1.165, 1.54) is 22.2 Å². The number of aromatic nitrogens is 2. The van der Waals surface area contributed by atoms with Crippen LogP contribution in [0.2, 0.25) is 0 Å². The highest BCUT2D eigenvalue weighted by molar-refractivity contribution is 7.99. The van der Waals surface area contributed by atoms with Gasteiger partial charge in [0.1, 0.15) is 4.83 Å². The standard InChI is InChI=1S/C19H19N3O2S2/c1-21(12-7-4-3-5-8-12)15(23)11-25-19-20-17-16(18(24)22(19)2)13-9-6-10-14(13)26-17/h3-5,7-8H,6,9-11H2,1-2H3. The molecular weight excluding hydrogens is 366 g/mol. The summed E-state index contributed by atoms with van der Waals surface area (Å²) in [4.78, 5) is 33.7. The predicted octanol–water partition coefficient (Wildman–Crippen LogP) is 3.24. The highest BCUT2D eigenvalue weighted by atomic mass is 32.2. The third-order valence-electron chi connectivity index (χ3n) is 4.75. The molecule has 0 bridgehead atoms. The van der Waals surface area contributed by atoms with Crippen LogP contribution >= 0.6 is 23.1 Å². The molecule has 7 heteroatoms. The lowest BCUT2D eigenvalue weighted by Gasteiger charge is -2.17. The molecule has 0 N–H and O–H groups in total. The van der Waals surface area contributed by atoms with Crippen molar-refractivity contribution in [3.8, 4) is 0 Å². The number of rotatable bonds is 4. The normalized spacial score (nSPS) is 13.2. The maximum atomic E-state index is 12.8. The van der Waals surface area contributed by atoms with Crippen LogP contribution in [0.5, 0.6) is 0 Å². The largest absolute Gasteiger partial charge is 0.315 e. The molecule has 134 valence electrons. The van der Waals surface area contributed by atoms with Gasteiger partial charge in [-0.2, -0.15) is 0 Å². The second-order valence-electron chi connectivity index (χ2n) is 6.37. The predicted molar refractivity (Wildman–Crippen MR) is 107 cm³/mol. The number of hydrogen-bond donors (Lipinski definition) is 0. The van der Waals surface area contributed by atoms with Crippen LogP contribution in [0.3, 0.4) is 0 Å². The average Bonchev–Trinajstić information content (AvgIpc) is 3.24. The Bertz CT molecular complexity index is 1040. The van der Waals surface area contributed by atoms with Crippen molar-refractivity contribution in [1.82, 2.24) is 9.55 Å². The molecule has 1 aliphatic carbocycles. The molecule has 1 aliphatic rings. The van der Waals surface area contributed by atoms with Crippen LogP contribution in [-0.2, 0) is 24.7 Å². The first-order valence-electron chi connectivity index (χ1n) is 8.52. The fraction of sp³-hybridized carbons (Fsp3) is 0.316. The van der Waals surface area contributed by atoms with Gasteiger partial charge in [0, 0.05) is 24.7 Å². The van der Waals surface area contributed by atoms with Crippen molar-refractivity contribution in [2.75, 3.05) is 17.7 Å². The fourth-order valence-corrected chi connectivity index (χ4v) is 5.44. The quantitative estimate of drug-likeness (QED) is 0.511. The van der Waals surface area contributed by atoms with E-state index in [1.54, 1.807) is 34.9 Å². The minimum atomic E-state index is -0.0239. The Balaban J connectivity index is 1.57. The van der Waals surface area contributed by atoms with E-state index in [-0.39, 0.29) is 17.2 Å². The van der Waals surface area contributed by atoms with Gasteiger partial charge in [0.25, 0.3) is 5.56 Å². The Morgan fingerprint density at radius 3 is 2.85 bits per heavy atom. The molecule has 1 aromatic carbocycles. The number of nitrogens with zero attached hydrogens (tertiary/aromatic N) is 3. The van der Waals surface area contributed by atoms with Gasteiger partial charge in [-0.25, -0.2) is 4.98 Å². The van der Waals surface area contributed by atoms with Crippen LogP contribution in [0.4, 0.5) is 5.69 Å². The molecule has 0 unspecified atom stereocenters. The van der Waals surface area contributed by atoms with Crippen LogP contribution in [0.25, 0.3) is 10.2 Å². The zero-order valence-electron chi connectivity index (χ0n) is 14.7. The lowest BCUT2D eigenvalue weighted by Crippen LogP contribution is -2.28. The first kappa shape index (κ1) is 17.3. The van der Waals surface area contributed by atoms with Gasteiger partial charge < -0.3 is 4.90 Å². The number of anilines is 1. The van der Waals surface area contributed by atoms with Crippen LogP contribution in [-0.4, -0.2) is 28.3 Å². The van der Waals surface area contributed by atoms with E-state index in [0.29, 0.717) is 5.16 Å². The number of carbonyl (C=O) groups excluding carboxylic acids is 1. The molecule has 0 spiro atoms. The Kier molecular flexibility index (Phi) is 4.58. The Labute approximate surface area is 159 Å². The zero-order valence-corrected chi connectivity index (χ0v) is 16.3. The summed E-state index contributed by atoms with van der Waals surface area (Å²) in [7, 11) is 3.50. The van der Waals surface area contributed by atoms with E-state index in [9.17, 15) is 9.59 Å². The van der Waals surface area contributed by atoms with Crippen molar-refractivity contribution >= 4 is 44.9 Å². The number of thioether (sulfide) groups is 1. The molecule has 0 saturated heterocycles. The molecule has 0 aliphatic heterocycles. The molecule has 4 rings (SSSR count). The second-order valence-corrected chi connectivity index (χ2v) is 8.40. The molecule has 0 atom stereocenters. The SMILES string of the molecule is CN(C(=O)CSc1nc2sc3c(c2c(=O)n1C)CCC3)c1ccccc1. The highest BCUT2D eigenvalue weighted by Crippen LogP contribution is 2.35. The van der Waals surface area contributed by atoms with E-state index in [0.717, 1.165) is 35.2 Å². The topological polar surface area (TPSA) is 55.2 Å². The first-order valence-corrected chi connectivity index (χ1v) is 10.3. The first-order chi connectivity index (χ1) is 12.6. The molecule has 5 nitrogen and oxygen atoms in total. The van der Waals surface area contributed by atoms with Gasteiger partial charge in [-0.1, -0.05) is 30.0 Å². The molecule has 0 fully saturated rings. The smallest absolute Gasteiger partial charge is 0.262 e. The Hall–Kier alpha value is -2.12. The van der Waals surface area contributed by atoms with Gasteiger partial charge >= 0.3 is 0 Å². The van der Waals surface area contributed by atoms with Crippen LogP contribution < -0.4 is 10.5 Å². The summed E-state index contributed by atoms with van der Waals surface area (Å²) in [5, 5.41) is 1.37. The summed E-state index contributed by atoms with van der Waals surface area (Å²) < 4.78 is 1.58. The minimum Gasteiger partial charge on any atom is -0.315 e. The summed E-state index contributed by atoms with van der Waals surface area (Å²) >= 11 is 2.94. The molecule has 0 radical (unpaired) electrons. The molecule has 0 saturated carbocycles. The number of aryl methyl sites for hydroxylation is 2. The van der Waals surface area contributed by atoms with E-state index < -0.39 is 0 Å². The summed E-state index contributed by atoms with van der Waals surface area (Å²) in [5.41, 5.74) is 2.04. The van der Waals surface area contributed by atoms with E-state index in [2.05, 4.69) is 4.98 Å². The monoisotopic (exact) mass is 385 g/mol. The number of fused-ring (bicyclic) bond motifs is 3. The Morgan fingerprint density at radius 2 is 2.08 bits per heavy atom. The average molecular weight is 386 g/mol. The van der Waals surface area contributed by atoms with Crippen molar-refractivity contribution < 1.29 is 4.79 Å². The van der Waals surface area contributed by atoms with Crippen molar-refractivity contribution in [3.63, 3.8) is 0 Å². The summed E-state index contributed by atoms with van der Waals surface area (Å²) in [6, 6.07) is 9.53. The highest BCUT2D eigenvalue weighted by Gasteiger charge is 2.23. The number of para-hydroxylation sites is 1. The number of carbonyl (C=O) groups is 1. The molecule has 2 heterocycles. The third-order valence-corrected chi connectivity index (χ3v) is 6.95. The molecule has 26 heavy (non-hydrogen) atoms.